The number of ether oxygens (including phenoxy) is 2. The summed E-state index contributed by atoms with van der Waals surface area (Å²) in [6, 6.07) is 14.4. The molecule has 2 aromatic carbocycles. The molecule has 0 bridgehead atoms. The fourth-order valence-electron chi connectivity index (χ4n) is 1.79. The van der Waals surface area contributed by atoms with Gasteiger partial charge in [0.1, 0.15) is 0 Å². The Kier molecular flexibility index (Phi) is 2.29. The fraction of sp³-hybridized carbons (Fsp3) is 0.0714. The molecule has 0 aliphatic carbocycles. The lowest BCUT2D eigenvalue weighted by Crippen LogP contribution is -2.00. The predicted molar refractivity (Wildman–Crippen MR) is 62.4 cm³/mol. The average molecular weight is 226 g/mol. The van der Waals surface area contributed by atoms with Gasteiger partial charge in [-0.3, -0.25) is 4.79 Å². The van der Waals surface area contributed by atoms with Gasteiger partial charge in [0.05, 0.1) is 0 Å². The number of benzene rings is 2. The Morgan fingerprint density at radius 3 is 2.47 bits per heavy atom. The normalized spacial score (nSPS) is 12.5. The minimum absolute atomic E-state index is 0.0103. The molecule has 0 spiro atoms. The van der Waals surface area contributed by atoms with E-state index >= 15 is 0 Å². The molecule has 3 rings (SSSR count). The first-order chi connectivity index (χ1) is 8.34. The van der Waals surface area contributed by atoms with Gasteiger partial charge in [0.15, 0.2) is 17.3 Å². The third-order valence-electron chi connectivity index (χ3n) is 2.67. The van der Waals surface area contributed by atoms with Gasteiger partial charge >= 0.3 is 0 Å². The zero-order valence-corrected chi connectivity index (χ0v) is 9.05. The molecule has 3 heteroatoms. The Balaban J connectivity index is 1.97. The van der Waals surface area contributed by atoms with Crippen molar-refractivity contribution in [1.82, 2.24) is 0 Å². The second-order valence-corrected chi connectivity index (χ2v) is 3.76. The van der Waals surface area contributed by atoms with Crippen molar-refractivity contribution in [3.05, 3.63) is 59.7 Å². The van der Waals surface area contributed by atoms with Crippen molar-refractivity contribution in [2.45, 2.75) is 0 Å². The van der Waals surface area contributed by atoms with Gasteiger partial charge in [0.25, 0.3) is 0 Å². The van der Waals surface area contributed by atoms with Crippen LogP contribution in [0.2, 0.25) is 0 Å². The number of hydrogen-bond acceptors (Lipinski definition) is 3. The minimum Gasteiger partial charge on any atom is -0.454 e. The van der Waals surface area contributed by atoms with E-state index in [4.69, 9.17) is 9.47 Å². The van der Waals surface area contributed by atoms with Gasteiger partial charge in [0.2, 0.25) is 6.79 Å². The van der Waals surface area contributed by atoms with Crippen LogP contribution in [-0.4, -0.2) is 12.6 Å². The highest BCUT2D eigenvalue weighted by Crippen LogP contribution is 2.33. The molecule has 0 atom stereocenters. The lowest BCUT2D eigenvalue weighted by atomic mass is 10.0. The van der Waals surface area contributed by atoms with Gasteiger partial charge in [-0.05, 0) is 18.2 Å². The van der Waals surface area contributed by atoms with Crippen molar-refractivity contribution in [2.75, 3.05) is 6.79 Å². The van der Waals surface area contributed by atoms with Crippen LogP contribution < -0.4 is 9.47 Å². The minimum atomic E-state index is -0.0103. The second kappa shape index (κ2) is 3.94. The van der Waals surface area contributed by atoms with Crippen LogP contribution in [0.15, 0.2) is 48.5 Å². The Morgan fingerprint density at radius 2 is 1.65 bits per heavy atom. The zero-order chi connectivity index (χ0) is 11.7. The van der Waals surface area contributed by atoms with Gasteiger partial charge < -0.3 is 9.47 Å². The Bertz CT molecular complexity index is 561. The van der Waals surface area contributed by atoms with Crippen molar-refractivity contribution >= 4 is 5.78 Å². The molecular weight excluding hydrogens is 216 g/mol. The molecule has 17 heavy (non-hydrogen) atoms. The van der Waals surface area contributed by atoms with Crippen LogP contribution in [0.25, 0.3) is 0 Å². The largest absolute Gasteiger partial charge is 0.454 e. The molecule has 1 aliphatic heterocycles. The lowest BCUT2D eigenvalue weighted by Gasteiger charge is -2.02. The summed E-state index contributed by atoms with van der Waals surface area (Å²) in [4.78, 5) is 12.1. The molecule has 0 saturated carbocycles. The summed E-state index contributed by atoms with van der Waals surface area (Å²) in [5, 5.41) is 0. The quantitative estimate of drug-likeness (QED) is 0.738. The summed E-state index contributed by atoms with van der Waals surface area (Å²) in [5.74, 6) is 1.31. The maximum absolute atomic E-state index is 12.1. The molecule has 0 amide bonds. The van der Waals surface area contributed by atoms with E-state index in [9.17, 15) is 4.79 Å². The van der Waals surface area contributed by atoms with E-state index in [-0.39, 0.29) is 12.6 Å². The van der Waals surface area contributed by atoms with Crippen LogP contribution in [0.3, 0.4) is 0 Å². The van der Waals surface area contributed by atoms with Gasteiger partial charge in [-0.15, -0.1) is 0 Å². The number of carbonyl (C=O) groups excluding carboxylic acids is 1. The number of ketones is 1. The third kappa shape index (κ3) is 1.76. The van der Waals surface area contributed by atoms with Crippen molar-refractivity contribution in [3.8, 4) is 11.5 Å². The standard InChI is InChI=1S/C14H10O3/c15-14(10-4-2-1-3-5-10)11-6-7-12-13(8-11)17-9-16-12/h1-8H,9H2. The van der Waals surface area contributed by atoms with Crippen LogP contribution in [0.1, 0.15) is 15.9 Å². The summed E-state index contributed by atoms with van der Waals surface area (Å²) < 4.78 is 10.5. The molecule has 2 aromatic rings. The van der Waals surface area contributed by atoms with Crippen LogP contribution >= 0.6 is 0 Å². The van der Waals surface area contributed by atoms with E-state index < -0.39 is 0 Å². The highest BCUT2D eigenvalue weighted by Gasteiger charge is 2.16. The SMILES string of the molecule is O=C(c1ccccc1)c1ccc2c(c1)OCO2. The summed E-state index contributed by atoms with van der Waals surface area (Å²) in [7, 11) is 0. The van der Waals surface area contributed by atoms with Gasteiger partial charge in [-0.25, -0.2) is 0 Å². The highest BCUT2D eigenvalue weighted by atomic mass is 16.7. The molecule has 1 heterocycles. The van der Waals surface area contributed by atoms with Crippen LogP contribution in [0.5, 0.6) is 11.5 Å². The molecule has 0 unspecified atom stereocenters. The van der Waals surface area contributed by atoms with Crippen molar-refractivity contribution < 1.29 is 14.3 Å². The van der Waals surface area contributed by atoms with E-state index in [2.05, 4.69) is 0 Å². The zero-order valence-electron chi connectivity index (χ0n) is 9.05. The molecule has 0 N–H and O–H groups in total. The lowest BCUT2D eigenvalue weighted by molar-refractivity contribution is 0.103. The average Bonchev–Trinajstić information content (AvgIpc) is 2.86. The first kappa shape index (κ1) is 9.90. The summed E-state index contributed by atoms with van der Waals surface area (Å²) in [5.41, 5.74) is 1.28. The van der Waals surface area contributed by atoms with Crippen molar-refractivity contribution in [1.29, 1.82) is 0 Å². The smallest absolute Gasteiger partial charge is 0.231 e. The van der Waals surface area contributed by atoms with E-state index in [1.165, 1.54) is 0 Å². The van der Waals surface area contributed by atoms with Crippen LogP contribution in [-0.2, 0) is 0 Å². The molecule has 84 valence electrons. The van der Waals surface area contributed by atoms with Crippen LogP contribution in [0.4, 0.5) is 0 Å². The summed E-state index contributed by atoms with van der Waals surface area (Å²) in [6.45, 7) is 0.221. The van der Waals surface area contributed by atoms with E-state index in [1.807, 2.05) is 18.2 Å². The number of carbonyl (C=O) groups is 1. The van der Waals surface area contributed by atoms with E-state index in [0.717, 1.165) is 0 Å². The number of rotatable bonds is 2. The number of fused-ring (bicyclic) bond motifs is 1. The Labute approximate surface area is 98.6 Å². The van der Waals surface area contributed by atoms with Gasteiger partial charge in [0, 0.05) is 11.1 Å². The predicted octanol–water partition coefficient (Wildman–Crippen LogP) is 2.65. The van der Waals surface area contributed by atoms with Gasteiger partial charge in [-0.1, -0.05) is 30.3 Å². The maximum Gasteiger partial charge on any atom is 0.231 e. The molecule has 3 nitrogen and oxygen atoms in total. The van der Waals surface area contributed by atoms with Gasteiger partial charge in [-0.2, -0.15) is 0 Å². The second-order valence-electron chi connectivity index (χ2n) is 3.76. The molecule has 0 aromatic heterocycles. The number of hydrogen-bond donors (Lipinski definition) is 0. The maximum atomic E-state index is 12.1. The first-order valence-corrected chi connectivity index (χ1v) is 5.34. The topological polar surface area (TPSA) is 35.5 Å². The summed E-state index contributed by atoms with van der Waals surface area (Å²) >= 11 is 0. The molecule has 1 aliphatic rings. The molecule has 0 radical (unpaired) electrons. The third-order valence-corrected chi connectivity index (χ3v) is 2.67. The van der Waals surface area contributed by atoms with Crippen molar-refractivity contribution in [3.63, 3.8) is 0 Å². The van der Waals surface area contributed by atoms with E-state index in [0.29, 0.717) is 22.6 Å². The molecule has 0 saturated heterocycles. The summed E-state index contributed by atoms with van der Waals surface area (Å²) in [6.07, 6.45) is 0. The van der Waals surface area contributed by atoms with Crippen molar-refractivity contribution in [2.24, 2.45) is 0 Å². The monoisotopic (exact) mass is 226 g/mol. The fourth-order valence-corrected chi connectivity index (χ4v) is 1.79. The highest BCUT2D eigenvalue weighted by molar-refractivity contribution is 6.09. The van der Waals surface area contributed by atoms with Crippen LogP contribution in [0, 0.1) is 0 Å². The Hall–Kier alpha value is -2.29. The molecular formula is C14H10O3. The first-order valence-electron chi connectivity index (χ1n) is 5.34. The van der Waals surface area contributed by atoms with E-state index in [1.54, 1.807) is 30.3 Å². The Morgan fingerprint density at radius 1 is 0.882 bits per heavy atom. The molecule has 0 fully saturated rings.